The van der Waals surface area contributed by atoms with Gasteiger partial charge >= 0.3 is 0 Å². The minimum Gasteiger partial charge on any atom is -0.334 e. The molecule has 1 heterocycles. The Labute approximate surface area is 93.3 Å². The summed E-state index contributed by atoms with van der Waals surface area (Å²) in [6.07, 6.45) is 2.83. The molecular weight excluding hydrogens is 186 g/mol. The summed E-state index contributed by atoms with van der Waals surface area (Å²) in [4.78, 5) is 13.9. The molecule has 0 saturated heterocycles. The van der Waals surface area contributed by atoms with Gasteiger partial charge in [0.25, 0.3) is 0 Å². The molecule has 0 aliphatic carbocycles. The van der Waals surface area contributed by atoms with Crippen LogP contribution in [0, 0.1) is 5.41 Å². The molecule has 2 nitrogen and oxygen atoms in total. The van der Waals surface area contributed by atoms with Crippen molar-refractivity contribution in [3.63, 3.8) is 0 Å². The van der Waals surface area contributed by atoms with Gasteiger partial charge < -0.3 is 4.90 Å². The smallest absolute Gasteiger partial charge is 0.246 e. The molecule has 0 saturated carbocycles. The topological polar surface area (TPSA) is 20.3 Å². The van der Waals surface area contributed by atoms with Gasteiger partial charge in [0, 0.05) is 18.2 Å². The van der Waals surface area contributed by atoms with E-state index in [-0.39, 0.29) is 16.9 Å². The van der Waals surface area contributed by atoms with E-state index in [1.807, 2.05) is 11.0 Å². The Hall–Kier alpha value is -0.790. The fourth-order valence-electron chi connectivity index (χ4n) is 1.90. The molecule has 0 spiro atoms. The minimum atomic E-state index is -0.0585. The molecular formula is C13H23NO. The van der Waals surface area contributed by atoms with Crippen molar-refractivity contribution in [2.75, 3.05) is 6.54 Å². The van der Waals surface area contributed by atoms with E-state index in [2.05, 4.69) is 41.5 Å². The SMILES string of the molecule is CC(C)(C)C1=CC(=O)N(C(C)(C)C)CC1. The number of carbonyl (C=O) groups excluding carboxylic acids is 1. The fourth-order valence-corrected chi connectivity index (χ4v) is 1.90. The van der Waals surface area contributed by atoms with Gasteiger partial charge in [0.15, 0.2) is 0 Å². The molecule has 2 heteroatoms. The lowest BCUT2D eigenvalue weighted by molar-refractivity contribution is -0.131. The van der Waals surface area contributed by atoms with Gasteiger partial charge in [-0.2, -0.15) is 0 Å². The molecule has 0 aromatic rings. The highest BCUT2D eigenvalue weighted by Crippen LogP contribution is 2.32. The van der Waals surface area contributed by atoms with E-state index < -0.39 is 0 Å². The predicted molar refractivity (Wildman–Crippen MR) is 63.6 cm³/mol. The molecule has 0 fully saturated rings. The Morgan fingerprint density at radius 3 is 2.00 bits per heavy atom. The Morgan fingerprint density at radius 2 is 1.67 bits per heavy atom. The van der Waals surface area contributed by atoms with Crippen LogP contribution in [-0.4, -0.2) is 22.9 Å². The summed E-state index contributed by atoms with van der Waals surface area (Å²) in [7, 11) is 0. The molecule has 15 heavy (non-hydrogen) atoms. The first-order valence-electron chi connectivity index (χ1n) is 5.65. The standard InChI is InChI=1S/C13H23NO/c1-12(2,3)10-7-8-14(11(15)9-10)13(4,5)6/h9H,7-8H2,1-6H3. The van der Waals surface area contributed by atoms with Crippen molar-refractivity contribution in [2.24, 2.45) is 5.41 Å². The largest absolute Gasteiger partial charge is 0.334 e. The summed E-state index contributed by atoms with van der Waals surface area (Å²) in [5.41, 5.74) is 1.34. The fraction of sp³-hybridized carbons (Fsp3) is 0.769. The molecule has 0 unspecified atom stereocenters. The van der Waals surface area contributed by atoms with Crippen molar-refractivity contribution in [1.29, 1.82) is 0 Å². The van der Waals surface area contributed by atoms with Crippen molar-refractivity contribution in [2.45, 2.75) is 53.5 Å². The van der Waals surface area contributed by atoms with E-state index in [9.17, 15) is 4.79 Å². The van der Waals surface area contributed by atoms with E-state index in [1.54, 1.807) is 0 Å². The zero-order valence-corrected chi connectivity index (χ0v) is 10.8. The third-order valence-electron chi connectivity index (χ3n) is 2.94. The van der Waals surface area contributed by atoms with Gasteiger partial charge in [0.1, 0.15) is 0 Å². The lowest BCUT2D eigenvalue weighted by Crippen LogP contribution is -2.47. The normalized spacial score (nSPS) is 19.2. The molecule has 1 aliphatic heterocycles. The molecule has 0 N–H and O–H groups in total. The van der Waals surface area contributed by atoms with Crippen molar-refractivity contribution in [3.05, 3.63) is 11.6 Å². The molecule has 1 aliphatic rings. The van der Waals surface area contributed by atoms with E-state index >= 15 is 0 Å². The van der Waals surface area contributed by atoms with Crippen molar-refractivity contribution >= 4 is 5.91 Å². The zero-order valence-electron chi connectivity index (χ0n) is 10.8. The van der Waals surface area contributed by atoms with Crippen LogP contribution in [0.1, 0.15) is 48.0 Å². The maximum Gasteiger partial charge on any atom is 0.246 e. The van der Waals surface area contributed by atoms with Crippen LogP contribution >= 0.6 is 0 Å². The third-order valence-corrected chi connectivity index (χ3v) is 2.94. The first-order chi connectivity index (χ1) is 6.62. The highest BCUT2D eigenvalue weighted by molar-refractivity contribution is 5.90. The van der Waals surface area contributed by atoms with Gasteiger partial charge in [0.05, 0.1) is 0 Å². The van der Waals surface area contributed by atoms with E-state index in [0.29, 0.717) is 0 Å². The van der Waals surface area contributed by atoms with Crippen LogP contribution < -0.4 is 0 Å². The van der Waals surface area contributed by atoms with Crippen LogP contribution in [0.25, 0.3) is 0 Å². The predicted octanol–water partition coefficient (Wildman–Crippen LogP) is 2.99. The first-order valence-corrected chi connectivity index (χ1v) is 5.65. The monoisotopic (exact) mass is 209 g/mol. The molecule has 0 atom stereocenters. The van der Waals surface area contributed by atoms with E-state index in [4.69, 9.17) is 0 Å². The molecule has 0 bridgehead atoms. The average Bonchev–Trinajstić information content (AvgIpc) is 1.99. The maximum atomic E-state index is 11.9. The summed E-state index contributed by atoms with van der Waals surface area (Å²) in [6, 6.07) is 0. The van der Waals surface area contributed by atoms with Crippen LogP contribution in [0.4, 0.5) is 0 Å². The molecule has 1 rings (SSSR count). The summed E-state index contributed by atoms with van der Waals surface area (Å²) in [6.45, 7) is 13.6. The number of hydrogen-bond donors (Lipinski definition) is 0. The van der Waals surface area contributed by atoms with Crippen LogP contribution in [0.5, 0.6) is 0 Å². The Kier molecular flexibility index (Phi) is 2.99. The van der Waals surface area contributed by atoms with Gasteiger partial charge in [-0.25, -0.2) is 0 Å². The van der Waals surface area contributed by atoms with E-state index in [0.717, 1.165) is 13.0 Å². The summed E-state index contributed by atoms with van der Waals surface area (Å²) < 4.78 is 0. The van der Waals surface area contributed by atoms with Gasteiger partial charge in [-0.3, -0.25) is 4.79 Å². The maximum absolute atomic E-state index is 11.9. The van der Waals surface area contributed by atoms with E-state index in [1.165, 1.54) is 5.57 Å². The number of rotatable bonds is 0. The quantitative estimate of drug-likeness (QED) is 0.600. The van der Waals surface area contributed by atoms with Crippen LogP contribution in [-0.2, 0) is 4.79 Å². The van der Waals surface area contributed by atoms with Crippen LogP contribution in [0.2, 0.25) is 0 Å². The van der Waals surface area contributed by atoms with Crippen molar-refractivity contribution < 1.29 is 4.79 Å². The molecule has 1 amide bonds. The number of hydrogen-bond acceptors (Lipinski definition) is 1. The lowest BCUT2D eigenvalue weighted by Gasteiger charge is -2.39. The molecule has 0 radical (unpaired) electrons. The second-order valence-corrected chi connectivity index (χ2v) is 6.33. The Balaban J connectivity index is 2.88. The van der Waals surface area contributed by atoms with Crippen molar-refractivity contribution in [1.82, 2.24) is 4.90 Å². The minimum absolute atomic E-state index is 0.0585. The number of carbonyl (C=O) groups is 1. The van der Waals surface area contributed by atoms with Gasteiger partial charge in [0.2, 0.25) is 5.91 Å². The number of amides is 1. The molecule has 0 aromatic carbocycles. The number of nitrogens with zero attached hydrogens (tertiary/aromatic N) is 1. The third kappa shape index (κ3) is 2.83. The van der Waals surface area contributed by atoms with Gasteiger partial charge in [-0.1, -0.05) is 26.3 Å². The molecule has 0 aromatic heterocycles. The Bertz CT molecular complexity index is 289. The highest BCUT2D eigenvalue weighted by Gasteiger charge is 2.31. The second kappa shape index (κ2) is 3.66. The zero-order chi connectivity index (χ0) is 11.9. The van der Waals surface area contributed by atoms with Gasteiger partial charge in [-0.15, -0.1) is 0 Å². The highest BCUT2D eigenvalue weighted by atomic mass is 16.2. The van der Waals surface area contributed by atoms with Gasteiger partial charge in [-0.05, 0) is 32.6 Å². The summed E-state index contributed by atoms with van der Waals surface area (Å²) in [5, 5.41) is 0. The van der Waals surface area contributed by atoms with Crippen LogP contribution in [0.3, 0.4) is 0 Å². The lowest BCUT2D eigenvalue weighted by atomic mass is 9.82. The average molecular weight is 209 g/mol. The molecule has 86 valence electrons. The van der Waals surface area contributed by atoms with Crippen LogP contribution in [0.15, 0.2) is 11.6 Å². The Morgan fingerprint density at radius 1 is 1.13 bits per heavy atom. The second-order valence-electron chi connectivity index (χ2n) is 6.33. The first kappa shape index (κ1) is 12.3. The van der Waals surface area contributed by atoms with Crippen molar-refractivity contribution in [3.8, 4) is 0 Å². The summed E-state index contributed by atoms with van der Waals surface area (Å²) >= 11 is 0. The summed E-state index contributed by atoms with van der Waals surface area (Å²) in [5.74, 6) is 0.165.